The molecule has 1 aliphatic rings. The van der Waals surface area contributed by atoms with Crippen molar-refractivity contribution in [3.8, 4) is 10.6 Å². The van der Waals surface area contributed by atoms with E-state index in [4.69, 9.17) is 4.74 Å². The van der Waals surface area contributed by atoms with Gasteiger partial charge in [0.05, 0.1) is 25.3 Å². The van der Waals surface area contributed by atoms with Crippen molar-refractivity contribution in [3.05, 3.63) is 40.9 Å². The first-order chi connectivity index (χ1) is 13.6. The topological polar surface area (TPSA) is 57.7 Å². The Labute approximate surface area is 171 Å². The van der Waals surface area contributed by atoms with E-state index in [1.165, 1.54) is 5.56 Å². The number of thiazole rings is 1. The van der Waals surface area contributed by atoms with Gasteiger partial charge >= 0.3 is 0 Å². The zero-order valence-electron chi connectivity index (χ0n) is 16.8. The fraction of sp³-hybridized carbons (Fsp3) is 0.524. The van der Waals surface area contributed by atoms with E-state index in [-0.39, 0.29) is 5.91 Å². The molecule has 0 bridgehead atoms. The molecule has 3 rings (SSSR count). The van der Waals surface area contributed by atoms with Crippen LogP contribution in [0.25, 0.3) is 10.6 Å². The Bertz CT molecular complexity index is 739. The van der Waals surface area contributed by atoms with E-state index in [2.05, 4.69) is 44.4 Å². The van der Waals surface area contributed by atoms with E-state index in [1.54, 1.807) is 11.3 Å². The van der Waals surface area contributed by atoms with Gasteiger partial charge in [0, 0.05) is 37.1 Å². The predicted octanol–water partition coefficient (Wildman–Crippen LogP) is 2.25. The fourth-order valence-electron chi connectivity index (χ4n) is 3.14. The van der Waals surface area contributed by atoms with Crippen LogP contribution in [0.5, 0.6) is 0 Å². The number of carbonyl (C=O) groups excluding carboxylic acids is 1. The lowest BCUT2D eigenvalue weighted by molar-refractivity contribution is -0.120. The predicted molar refractivity (Wildman–Crippen MR) is 114 cm³/mol. The number of nitrogens with zero attached hydrogens (tertiary/aromatic N) is 3. The van der Waals surface area contributed by atoms with Crippen molar-refractivity contribution in [2.24, 2.45) is 0 Å². The van der Waals surface area contributed by atoms with Gasteiger partial charge in [-0.25, -0.2) is 4.98 Å². The summed E-state index contributed by atoms with van der Waals surface area (Å²) in [5.74, 6) is 0.0384. The molecular weight excluding hydrogens is 372 g/mol. The first kappa shape index (κ1) is 20.9. The lowest BCUT2D eigenvalue weighted by atomic mass is 10.1. The van der Waals surface area contributed by atoms with Crippen molar-refractivity contribution in [2.45, 2.75) is 19.4 Å². The largest absolute Gasteiger partial charge is 0.379 e. The Morgan fingerprint density at radius 1 is 1.25 bits per heavy atom. The van der Waals surface area contributed by atoms with Crippen molar-refractivity contribution in [1.29, 1.82) is 0 Å². The van der Waals surface area contributed by atoms with Crippen LogP contribution in [0.15, 0.2) is 29.6 Å². The second kappa shape index (κ2) is 10.7. The highest BCUT2D eigenvalue weighted by molar-refractivity contribution is 7.13. The van der Waals surface area contributed by atoms with Crippen molar-refractivity contribution in [2.75, 3.05) is 53.5 Å². The number of morpholine rings is 1. The number of ether oxygens (including phenoxy) is 1. The van der Waals surface area contributed by atoms with Gasteiger partial charge in [0.25, 0.3) is 0 Å². The number of rotatable bonds is 9. The average molecular weight is 403 g/mol. The Morgan fingerprint density at radius 3 is 2.71 bits per heavy atom. The Morgan fingerprint density at radius 2 is 2.00 bits per heavy atom. The van der Waals surface area contributed by atoms with Gasteiger partial charge in [-0.2, -0.15) is 0 Å². The van der Waals surface area contributed by atoms with Crippen molar-refractivity contribution >= 4 is 17.2 Å². The number of hydrogen-bond acceptors (Lipinski definition) is 6. The lowest BCUT2D eigenvalue weighted by Gasteiger charge is -2.26. The maximum absolute atomic E-state index is 12.1. The van der Waals surface area contributed by atoms with Gasteiger partial charge in [0.1, 0.15) is 5.01 Å². The molecule has 28 heavy (non-hydrogen) atoms. The monoisotopic (exact) mass is 402 g/mol. The van der Waals surface area contributed by atoms with E-state index in [9.17, 15) is 4.79 Å². The van der Waals surface area contributed by atoms with Gasteiger partial charge in [0.15, 0.2) is 0 Å². The van der Waals surface area contributed by atoms with Crippen molar-refractivity contribution < 1.29 is 9.53 Å². The number of nitrogens with one attached hydrogen (secondary N) is 1. The molecule has 0 saturated carbocycles. The highest BCUT2D eigenvalue weighted by Gasteiger charge is 2.12. The highest BCUT2D eigenvalue weighted by Crippen LogP contribution is 2.24. The summed E-state index contributed by atoms with van der Waals surface area (Å²) in [6, 6.07) is 8.59. The molecule has 1 N–H and O–H groups in total. The summed E-state index contributed by atoms with van der Waals surface area (Å²) in [4.78, 5) is 21.2. The summed E-state index contributed by atoms with van der Waals surface area (Å²) in [5.41, 5.74) is 3.25. The second-order valence-corrected chi connectivity index (χ2v) is 8.27. The molecule has 7 heteroatoms. The summed E-state index contributed by atoms with van der Waals surface area (Å²) < 4.78 is 5.40. The summed E-state index contributed by atoms with van der Waals surface area (Å²) in [6.45, 7) is 6.28. The molecule has 1 saturated heterocycles. The van der Waals surface area contributed by atoms with Gasteiger partial charge in [-0.15, -0.1) is 11.3 Å². The molecule has 1 aromatic heterocycles. The van der Waals surface area contributed by atoms with E-state index < -0.39 is 0 Å². The molecule has 2 heterocycles. The SMILES string of the molecule is CN(C)CCCNC(=O)Cc1csc(-c2ccc(CN3CCOCC3)cc2)n1. The third-order valence-corrected chi connectivity index (χ3v) is 5.65. The molecule has 6 nitrogen and oxygen atoms in total. The Hall–Kier alpha value is -1.80. The smallest absolute Gasteiger partial charge is 0.226 e. The first-order valence-corrected chi connectivity index (χ1v) is 10.7. The summed E-state index contributed by atoms with van der Waals surface area (Å²) in [6.07, 6.45) is 1.30. The molecular formula is C21H30N4O2S. The van der Waals surface area contributed by atoms with Crippen LogP contribution in [-0.2, 0) is 22.5 Å². The zero-order chi connectivity index (χ0) is 19.8. The van der Waals surface area contributed by atoms with Gasteiger partial charge < -0.3 is 15.0 Å². The van der Waals surface area contributed by atoms with E-state index in [0.717, 1.165) is 62.1 Å². The lowest BCUT2D eigenvalue weighted by Crippen LogP contribution is -2.35. The minimum Gasteiger partial charge on any atom is -0.379 e. The molecule has 0 atom stereocenters. The van der Waals surface area contributed by atoms with E-state index in [1.807, 2.05) is 19.5 Å². The zero-order valence-corrected chi connectivity index (χ0v) is 17.6. The van der Waals surface area contributed by atoms with Crippen molar-refractivity contribution in [1.82, 2.24) is 20.1 Å². The molecule has 152 valence electrons. The standard InChI is InChI=1S/C21H30N4O2S/c1-24(2)9-3-8-22-20(26)14-19-16-28-21(23-19)18-6-4-17(5-7-18)15-25-10-12-27-13-11-25/h4-7,16H,3,8-15H2,1-2H3,(H,22,26). The quantitative estimate of drug-likeness (QED) is 0.652. The third kappa shape index (κ3) is 6.67. The van der Waals surface area contributed by atoms with Crippen LogP contribution in [0.3, 0.4) is 0 Å². The van der Waals surface area contributed by atoms with Crippen LogP contribution in [0.2, 0.25) is 0 Å². The van der Waals surface area contributed by atoms with Crippen LogP contribution in [0, 0.1) is 0 Å². The number of benzene rings is 1. The minimum atomic E-state index is 0.0384. The molecule has 0 radical (unpaired) electrons. The number of aromatic nitrogens is 1. The van der Waals surface area contributed by atoms with Crippen LogP contribution in [0.4, 0.5) is 0 Å². The number of hydrogen-bond donors (Lipinski definition) is 1. The number of carbonyl (C=O) groups is 1. The fourth-order valence-corrected chi connectivity index (χ4v) is 3.97. The molecule has 1 aliphatic heterocycles. The molecule has 1 amide bonds. The second-order valence-electron chi connectivity index (χ2n) is 7.41. The molecule has 0 spiro atoms. The Balaban J connectivity index is 1.48. The maximum atomic E-state index is 12.1. The summed E-state index contributed by atoms with van der Waals surface area (Å²) >= 11 is 1.59. The van der Waals surface area contributed by atoms with Gasteiger partial charge in [0.2, 0.25) is 5.91 Å². The minimum absolute atomic E-state index is 0.0384. The summed E-state index contributed by atoms with van der Waals surface area (Å²) in [7, 11) is 4.07. The Kier molecular flexibility index (Phi) is 7.97. The highest BCUT2D eigenvalue weighted by atomic mass is 32.1. The third-order valence-electron chi connectivity index (χ3n) is 4.71. The number of amides is 1. The molecule has 1 fully saturated rings. The van der Waals surface area contributed by atoms with Crippen LogP contribution in [-0.4, -0.2) is 74.2 Å². The average Bonchev–Trinajstić information content (AvgIpc) is 3.15. The van der Waals surface area contributed by atoms with Crippen molar-refractivity contribution in [3.63, 3.8) is 0 Å². The maximum Gasteiger partial charge on any atom is 0.226 e. The van der Waals surface area contributed by atoms with Crippen LogP contribution >= 0.6 is 11.3 Å². The molecule has 0 aliphatic carbocycles. The first-order valence-electron chi connectivity index (χ1n) is 9.85. The normalized spacial score (nSPS) is 15.1. The van der Waals surface area contributed by atoms with Gasteiger partial charge in [-0.3, -0.25) is 9.69 Å². The molecule has 0 unspecified atom stereocenters. The van der Waals surface area contributed by atoms with E-state index in [0.29, 0.717) is 13.0 Å². The van der Waals surface area contributed by atoms with Crippen LogP contribution < -0.4 is 5.32 Å². The molecule has 2 aromatic rings. The van der Waals surface area contributed by atoms with Gasteiger partial charge in [-0.05, 0) is 32.6 Å². The molecule has 1 aromatic carbocycles. The van der Waals surface area contributed by atoms with E-state index >= 15 is 0 Å². The summed E-state index contributed by atoms with van der Waals surface area (Å²) in [5, 5.41) is 5.92. The van der Waals surface area contributed by atoms with Crippen LogP contribution in [0.1, 0.15) is 17.7 Å². The van der Waals surface area contributed by atoms with Gasteiger partial charge in [-0.1, -0.05) is 24.3 Å².